The number of primary amides is 1. The number of aliphatic hydroxyl groups is 1. The molecule has 5 rings (SSSR count). The molecule has 1 saturated heterocycles. The van der Waals surface area contributed by atoms with Crippen LogP contribution in [0.1, 0.15) is 33.5 Å². The lowest BCUT2D eigenvalue weighted by atomic mass is 9.52. The number of nitrogens with zero attached hydrogens (tertiary/aromatic N) is 3. The number of rotatable bonds is 5. The fourth-order valence-corrected chi connectivity index (χ4v) is 7.24. The molecule has 1 aromatic carbocycles. The normalized spacial score (nSPS) is 30.3. The third-order valence-corrected chi connectivity index (χ3v) is 9.23. The SMILES string of the molecule is CN(C)[C@H]1C(=O)C(C(N)=O)C(=O)[C@]2(O)C(=O)C3C(=O)c4c(O)c(CC#N)cc(CNC(=O)N5CCOCC5)c4C[C@@H]3C[C@H]12. The topological polar surface area (TPSA) is 220 Å². The number of carbonyl (C=O) groups excluding carboxylic acids is 6. The van der Waals surface area contributed by atoms with Gasteiger partial charge in [0, 0.05) is 31.1 Å². The van der Waals surface area contributed by atoms with Crippen LogP contribution in [-0.2, 0) is 43.3 Å². The molecule has 3 fully saturated rings. The third kappa shape index (κ3) is 4.68. The Kier molecular flexibility index (Phi) is 7.84. The Morgan fingerprint density at radius 1 is 1.19 bits per heavy atom. The van der Waals surface area contributed by atoms with Crippen molar-refractivity contribution in [1.29, 1.82) is 5.26 Å². The molecule has 0 bridgehead atoms. The van der Waals surface area contributed by atoms with Gasteiger partial charge < -0.3 is 30.9 Å². The van der Waals surface area contributed by atoms with Gasteiger partial charge in [-0.25, -0.2) is 4.79 Å². The number of ketones is 4. The first-order chi connectivity index (χ1) is 20.3. The number of carbonyl (C=O) groups is 6. The number of Topliss-reactive ketones (excluding diaryl/α,β-unsaturated/α-hetero) is 4. The Morgan fingerprint density at radius 2 is 1.86 bits per heavy atom. The Bertz CT molecular complexity index is 1480. The molecule has 0 spiro atoms. The summed E-state index contributed by atoms with van der Waals surface area (Å²) in [4.78, 5) is 82.6. The molecule has 14 nitrogen and oxygen atoms in total. The molecule has 1 aromatic rings. The number of hydrogen-bond acceptors (Lipinski definition) is 11. The van der Waals surface area contributed by atoms with E-state index in [4.69, 9.17) is 10.5 Å². The van der Waals surface area contributed by atoms with Crippen LogP contribution < -0.4 is 11.1 Å². The second-order valence-electron chi connectivity index (χ2n) is 11.8. The van der Waals surface area contributed by atoms with E-state index in [1.54, 1.807) is 11.0 Å². The minimum atomic E-state index is -2.83. The summed E-state index contributed by atoms with van der Waals surface area (Å²) in [6.45, 7) is 1.55. The van der Waals surface area contributed by atoms with Gasteiger partial charge in [-0.15, -0.1) is 0 Å². The van der Waals surface area contributed by atoms with Crippen LogP contribution in [-0.4, -0.2) is 107 Å². The minimum Gasteiger partial charge on any atom is -0.507 e. The van der Waals surface area contributed by atoms with Crippen molar-refractivity contribution in [1.82, 2.24) is 15.1 Å². The number of likely N-dealkylation sites (N-methyl/N-ethyl adjacent to an activating group) is 1. The van der Waals surface area contributed by atoms with Crippen molar-refractivity contribution in [2.24, 2.45) is 29.4 Å². The number of nitrogens with one attached hydrogen (secondary N) is 1. The summed E-state index contributed by atoms with van der Waals surface area (Å²) in [5, 5.41) is 35.0. The maximum Gasteiger partial charge on any atom is 0.317 e. The van der Waals surface area contributed by atoms with E-state index in [1.807, 2.05) is 6.07 Å². The molecule has 1 aliphatic heterocycles. The number of aromatic hydroxyl groups is 1. The van der Waals surface area contributed by atoms with E-state index >= 15 is 0 Å². The summed E-state index contributed by atoms with van der Waals surface area (Å²) < 4.78 is 5.28. The molecule has 14 heteroatoms. The highest BCUT2D eigenvalue weighted by atomic mass is 16.5. The molecule has 4 aliphatic rings. The second kappa shape index (κ2) is 11.1. The number of benzene rings is 1. The van der Waals surface area contributed by atoms with Gasteiger partial charge in [-0.1, -0.05) is 0 Å². The summed E-state index contributed by atoms with van der Waals surface area (Å²) in [5.41, 5.74) is 3.26. The predicted octanol–water partition coefficient (Wildman–Crippen LogP) is -1.53. The first-order valence-corrected chi connectivity index (χ1v) is 14.0. The van der Waals surface area contributed by atoms with Crippen LogP contribution in [0.25, 0.3) is 0 Å². The number of fused-ring (bicyclic) bond motifs is 3. The van der Waals surface area contributed by atoms with Crippen LogP contribution in [0, 0.1) is 35.0 Å². The van der Waals surface area contributed by atoms with E-state index in [1.165, 1.54) is 19.0 Å². The highest BCUT2D eigenvalue weighted by Crippen LogP contribution is 2.51. The molecule has 2 saturated carbocycles. The molecule has 5 N–H and O–H groups in total. The van der Waals surface area contributed by atoms with Crippen molar-refractivity contribution in [2.45, 2.75) is 37.5 Å². The lowest BCUT2D eigenvalue weighted by Crippen LogP contribution is -2.74. The number of nitrogens with two attached hydrogens (primary N) is 1. The summed E-state index contributed by atoms with van der Waals surface area (Å²) in [6, 6.07) is 1.90. The fraction of sp³-hybridized carbons (Fsp3) is 0.552. The maximum atomic E-state index is 14.0. The summed E-state index contributed by atoms with van der Waals surface area (Å²) >= 11 is 0. The van der Waals surface area contributed by atoms with Crippen LogP contribution >= 0.6 is 0 Å². The number of amides is 3. The Balaban J connectivity index is 1.56. The first-order valence-electron chi connectivity index (χ1n) is 14.0. The number of phenolic OH excluding ortho intramolecular Hbond substituents is 1. The molecule has 228 valence electrons. The van der Waals surface area contributed by atoms with Crippen LogP contribution in [0.4, 0.5) is 4.79 Å². The van der Waals surface area contributed by atoms with E-state index < -0.39 is 70.1 Å². The van der Waals surface area contributed by atoms with Gasteiger partial charge in [0.2, 0.25) is 5.91 Å². The van der Waals surface area contributed by atoms with Crippen molar-refractivity contribution in [3.63, 3.8) is 0 Å². The zero-order valence-electron chi connectivity index (χ0n) is 23.8. The largest absolute Gasteiger partial charge is 0.507 e. The van der Waals surface area contributed by atoms with E-state index in [9.17, 15) is 44.2 Å². The van der Waals surface area contributed by atoms with Gasteiger partial charge in [0.05, 0.1) is 43.2 Å². The monoisotopic (exact) mass is 595 g/mol. The van der Waals surface area contributed by atoms with Gasteiger partial charge in [-0.05, 0) is 50.0 Å². The van der Waals surface area contributed by atoms with E-state index in [0.29, 0.717) is 37.4 Å². The van der Waals surface area contributed by atoms with Crippen molar-refractivity contribution >= 4 is 35.1 Å². The molecule has 6 atom stereocenters. The average Bonchev–Trinajstić information content (AvgIpc) is 2.95. The van der Waals surface area contributed by atoms with Gasteiger partial charge in [0.15, 0.2) is 34.7 Å². The van der Waals surface area contributed by atoms with E-state index in [0.717, 1.165) is 0 Å². The van der Waals surface area contributed by atoms with Crippen molar-refractivity contribution in [3.05, 3.63) is 28.3 Å². The average molecular weight is 596 g/mol. The number of morpholine rings is 1. The van der Waals surface area contributed by atoms with Crippen LogP contribution in [0.15, 0.2) is 6.07 Å². The van der Waals surface area contributed by atoms with Crippen LogP contribution in [0.5, 0.6) is 5.75 Å². The number of nitriles is 1. The molecule has 3 aliphatic carbocycles. The van der Waals surface area contributed by atoms with Gasteiger partial charge >= 0.3 is 6.03 Å². The number of hydrogen-bond donors (Lipinski definition) is 4. The maximum absolute atomic E-state index is 14.0. The van der Waals surface area contributed by atoms with E-state index in [-0.39, 0.29) is 43.0 Å². The molecular formula is C29H33N5O9. The molecular weight excluding hydrogens is 562 g/mol. The quantitative estimate of drug-likeness (QED) is 0.286. The van der Waals surface area contributed by atoms with Crippen molar-refractivity contribution < 1.29 is 43.7 Å². The molecule has 2 unspecified atom stereocenters. The summed E-state index contributed by atoms with van der Waals surface area (Å²) in [6.07, 6.45) is -0.310. The summed E-state index contributed by atoms with van der Waals surface area (Å²) in [5.74, 6) is -11.6. The smallest absolute Gasteiger partial charge is 0.317 e. The summed E-state index contributed by atoms with van der Waals surface area (Å²) in [7, 11) is 3.03. The van der Waals surface area contributed by atoms with Crippen molar-refractivity contribution in [2.75, 3.05) is 40.4 Å². The third-order valence-electron chi connectivity index (χ3n) is 9.23. The van der Waals surface area contributed by atoms with Gasteiger partial charge in [-0.3, -0.25) is 28.9 Å². The zero-order chi connectivity index (χ0) is 31.4. The number of urea groups is 1. The number of phenols is 1. The molecule has 1 heterocycles. The lowest BCUT2D eigenvalue weighted by Gasteiger charge is -2.52. The predicted molar refractivity (Wildman–Crippen MR) is 145 cm³/mol. The van der Waals surface area contributed by atoms with Gasteiger partial charge in [0.25, 0.3) is 0 Å². The molecule has 43 heavy (non-hydrogen) atoms. The fourth-order valence-electron chi connectivity index (χ4n) is 7.24. The molecule has 3 amide bonds. The molecule has 0 aromatic heterocycles. The zero-order valence-corrected chi connectivity index (χ0v) is 23.8. The van der Waals surface area contributed by atoms with E-state index in [2.05, 4.69) is 5.32 Å². The Labute approximate surface area is 246 Å². The van der Waals surface area contributed by atoms with Crippen molar-refractivity contribution in [3.8, 4) is 11.8 Å². The Hall–Kier alpha value is -4.19. The molecule has 0 radical (unpaired) electrons. The minimum absolute atomic E-state index is 0.0409. The highest BCUT2D eigenvalue weighted by Gasteiger charge is 2.69. The highest BCUT2D eigenvalue weighted by molar-refractivity contribution is 6.32. The van der Waals surface area contributed by atoms with Gasteiger partial charge in [0.1, 0.15) is 5.75 Å². The second-order valence-corrected chi connectivity index (χ2v) is 11.8. The standard InChI is InChI=1S/C29H33N5O9/c1-33(2)21-17-11-14-10-16-15(12-32-28(41)34-5-7-43-8-6-34)9-13(3-4-30)22(35)19(16)23(36)18(14)25(38)29(17,42)26(39)20(24(21)37)27(31)40/h9,14,17-18,20-21,35,42H,3,5-8,10-12H2,1-2H3,(H2,31,40)(H,32,41)/t14-,17-,18?,20?,21-,29-/m1/s1. The number of ether oxygens (including phenoxy) is 1. The Morgan fingerprint density at radius 3 is 2.47 bits per heavy atom. The van der Waals surface area contributed by atoms with Gasteiger partial charge in [-0.2, -0.15) is 5.26 Å². The van der Waals surface area contributed by atoms with Crippen LogP contribution in [0.3, 0.4) is 0 Å². The lowest BCUT2D eigenvalue weighted by molar-refractivity contribution is -0.181. The van der Waals surface area contributed by atoms with Crippen LogP contribution in [0.2, 0.25) is 0 Å². The first kappa shape index (κ1) is 30.3.